The molecule has 0 heterocycles. The van der Waals surface area contributed by atoms with E-state index in [0.29, 0.717) is 30.2 Å². The van der Waals surface area contributed by atoms with E-state index in [4.69, 9.17) is 11.5 Å². The fourth-order valence-electron chi connectivity index (χ4n) is 5.94. The summed E-state index contributed by atoms with van der Waals surface area (Å²) in [7, 11) is -4.55. The van der Waals surface area contributed by atoms with Gasteiger partial charge >= 0.3 is 35.5 Å². The zero-order valence-electron chi connectivity index (χ0n) is 36.9. The minimum absolute atomic E-state index is 0. The van der Waals surface area contributed by atoms with Gasteiger partial charge in [0, 0.05) is 24.3 Å². The largest absolute Gasteiger partial charge is 1.00 e. The van der Waals surface area contributed by atoms with Crippen molar-refractivity contribution in [1.29, 1.82) is 0 Å². The number of carboxylic acid groups (broad SMARTS) is 1. The van der Waals surface area contributed by atoms with Gasteiger partial charge in [0.15, 0.2) is 0 Å². The van der Waals surface area contributed by atoms with Gasteiger partial charge in [-0.1, -0.05) is 68.1 Å². The summed E-state index contributed by atoms with van der Waals surface area (Å²) in [6, 6.07) is 6.82. The Hall–Kier alpha value is -4.62. The van der Waals surface area contributed by atoms with E-state index in [0.717, 1.165) is 5.56 Å². The zero-order chi connectivity index (χ0) is 48.0. The quantitative estimate of drug-likeness (QED) is 0.0218. The number of aliphatic carboxylic acids is 1. The van der Waals surface area contributed by atoms with Crippen LogP contribution < -0.4 is 72.9 Å². The summed E-state index contributed by atoms with van der Waals surface area (Å²) in [5.74, 6) is -7.95. The molecule has 0 aliphatic heterocycles. The van der Waals surface area contributed by atoms with Gasteiger partial charge in [-0.2, -0.15) is 0 Å². The molecule has 0 radical (unpaired) electrons. The number of nitrogens with two attached hydrogens (primary N) is 2. The van der Waals surface area contributed by atoms with Crippen molar-refractivity contribution in [3.8, 4) is 5.75 Å². The fraction of sp³-hybridized carbons (Fsp3) is 0.512. The molecule has 0 fully saturated rings. The third-order valence-electron chi connectivity index (χ3n) is 9.51. The Morgan fingerprint density at radius 2 is 1.26 bits per heavy atom. The number of carboxylic acids is 1. The summed E-state index contributed by atoms with van der Waals surface area (Å²) in [5.41, 5.74) is 13.1. The van der Waals surface area contributed by atoms with Crippen molar-refractivity contribution in [2.75, 3.05) is 24.6 Å². The van der Waals surface area contributed by atoms with Gasteiger partial charge < -0.3 is 58.1 Å². The van der Waals surface area contributed by atoms with Crippen LogP contribution in [0.3, 0.4) is 0 Å². The average Bonchev–Trinajstić information content (AvgIpc) is 3.22. The van der Waals surface area contributed by atoms with Crippen LogP contribution in [-0.4, -0.2) is 131 Å². The van der Waals surface area contributed by atoms with E-state index in [1.165, 1.54) is 31.2 Å². The van der Waals surface area contributed by atoms with Gasteiger partial charge in [-0.3, -0.25) is 38.4 Å². The van der Waals surface area contributed by atoms with Crippen molar-refractivity contribution in [1.82, 2.24) is 31.9 Å². The molecule has 0 aromatic heterocycles. The van der Waals surface area contributed by atoms with Crippen LogP contribution in [-0.2, 0) is 61.3 Å². The molecule has 354 valence electrons. The van der Waals surface area contributed by atoms with Crippen molar-refractivity contribution >= 4 is 68.4 Å². The smallest absolute Gasteiger partial charge is 0.748 e. The van der Waals surface area contributed by atoms with Crippen molar-refractivity contribution in [2.45, 2.75) is 102 Å². The van der Waals surface area contributed by atoms with Crippen molar-refractivity contribution in [3.05, 3.63) is 65.7 Å². The van der Waals surface area contributed by atoms with Crippen LogP contribution in [0.15, 0.2) is 54.6 Å². The average molecular weight is 959 g/mol. The van der Waals surface area contributed by atoms with E-state index in [1.54, 1.807) is 38.1 Å². The summed E-state index contributed by atoms with van der Waals surface area (Å²) in [5, 5.41) is 33.7. The van der Waals surface area contributed by atoms with Crippen LogP contribution in [0.2, 0.25) is 0 Å². The number of nitrogens with one attached hydrogen (secondary N) is 6. The third-order valence-corrected chi connectivity index (χ3v) is 11.3. The molecule has 0 saturated heterocycles. The van der Waals surface area contributed by atoms with E-state index in [9.17, 15) is 61.5 Å². The number of aromatic hydroxyl groups is 1. The number of phenols is 1. The SMILES string of the molecule is CC(C)[C@H](NC(=O)[C@@H](N)Cc1ccccc1)C(=O)N[C@@H](CCCCN)C(=O)N[C@@H](CCC(=O)O)C(=O)N[C@@H](Cc1ccc(O)cc1)C(=O)N[C@@H](C)C(=O)NCC(=O)SCCS(=O)(=O)[O-].[Na+]. The molecule has 2 rings (SSSR count). The van der Waals surface area contributed by atoms with Crippen LogP contribution in [0.1, 0.15) is 64.0 Å². The first-order chi connectivity index (χ1) is 30.1. The minimum Gasteiger partial charge on any atom is -0.748 e. The Kier molecular flexibility index (Phi) is 26.8. The number of carbonyl (C=O) groups excluding carboxylic acids is 7. The Morgan fingerprint density at radius 3 is 1.83 bits per heavy atom. The molecule has 2 aromatic carbocycles. The molecule has 6 atom stereocenters. The normalized spacial score (nSPS) is 13.9. The number of thioether (sulfide) groups is 1. The number of hydrogen-bond acceptors (Lipinski definition) is 15. The van der Waals surface area contributed by atoms with E-state index in [-0.39, 0.29) is 66.9 Å². The van der Waals surface area contributed by atoms with E-state index in [1.807, 2.05) is 6.07 Å². The van der Waals surface area contributed by atoms with Gasteiger partial charge in [-0.15, -0.1) is 0 Å². The molecule has 12 N–H and O–H groups in total. The molecule has 6 amide bonds. The zero-order valence-corrected chi connectivity index (χ0v) is 40.5. The number of benzene rings is 2. The molecular formula is C41H59N8NaO13S2. The standard InChI is InChI=1S/C41H60N8O13S2.Na/c1-24(2)35(49-37(55)29(43)21-26-9-5-4-6-10-26)41(59)47-30(11-7-8-18-42)38(56)46-31(16-17-33(51)52)39(57)48-32(22-27-12-14-28(50)15-13-27)40(58)45-25(3)36(54)44-23-34(53)63-19-20-64(60,61)62;/h4-6,9-10,12-15,24-25,29-32,35,50H,7-8,11,16-23,42-43H2,1-3H3,(H,44,54)(H,45,58)(H,46,56)(H,47,59)(H,48,57)(H,49,55)(H,51,52)(H,60,61,62);/q;+1/p-1/t25-,29-,30-,31-,32-,35-;/m0./s1. The van der Waals surface area contributed by atoms with Gasteiger partial charge in [-0.05, 0) is 74.8 Å². The fourth-order valence-corrected chi connectivity index (χ4v) is 7.49. The van der Waals surface area contributed by atoms with E-state index >= 15 is 0 Å². The van der Waals surface area contributed by atoms with Crippen molar-refractivity contribution in [2.24, 2.45) is 17.4 Å². The molecule has 2 aromatic rings. The van der Waals surface area contributed by atoms with E-state index in [2.05, 4.69) is 31.9 Å². The Morgan fingerprint density at radius 1 is 0.708 bits per heavy atom. The number of phenolic OH excluding ortho intramolecular Hbond substituents is 1. The molecule has 0 aliphatic rings. The summed E-state index contributed by atoms with van der Waals surface area (Å²) in [6.45, 7) is 4.33. The minimum atomic E-state index is -4.55. The topological polar surface area (TPSA) is 358 Å². The van der Waals surface area contributed by atoms with E-state index < -0.39 is 124 Å². The second kappa shape index (κ2) is 29.8. The van der Waals surface area contributed by atoms with Gasteiger partial charge in [0.2, 0.25) is 40.6 Å². The number of hydrogen-bond donors (Lipinski definition) is 10. The van der Waals surface area contributed by atoms with Crippen molar-refractivity contribution in [3.63, 3.8) is 0 Å². The second-order valence-electron chi connectivity index (χ2n) is 15.2. The van der Waals surface area contributed by atoms with Crippen LogP contribution in [0.5, 0.6) is 5.75 Å². The van der Waals surface area contributed by atoms with Gasteiger partial charge in [0.25, 0.3) is 0 Å². The Bertz CT molecular complexity index is 2010. The molecule has 0 aliphatic carbocycles. The summed E-state index contributed by atoms with van der Waals surface area (Å²) >= 11 is 0.514. The van der Waals surface area contributed by atoms with Crippen molar-refractivity contribution < 1.29 is 91.1 Å². The number of rotatable bonds is 28. The predicted octanol–water partition coefficient (Wildman–Crippen LogP) is -4.48. The molecule has 0 unspecified atom stereocenters. The molecule has 24 heteroatoms. The summed E-state index contributed by atoms with van der Waals surface area (Å²) in [4.78, 5) is 105. The first-order valence-corrected chi connectivity index (χ1v) is 23.0. The van der Waals surface area contributed by atoms with Crippen LogP contribution in [0.4, 0.5) is 0 Å². The first kappa shape index (κ1) is 58.4. The maximum atomic E-state index is 13.9. The molecule has 65 heavy (non-hydrogen) atoms. The molecule has 0 bridgehead atoms. The number of carbonyl (C=O) groups is 8. The Balaban J connectivity index is 0.0000211. The summed E-state index contributed by atoms with van der Waals surface area (Å²) in [6.07, 6.45) is -0.259. The molecule has 0 spiro atoms. The monoisotopic (exact) mass is 958 g/mol. The Labute approximate surface area is 404 Å². The first-order valence-electron chi connectivity index (χ1n) is 20.5. The number of unbranched alkanes of at least 4 members (excludes halogenated alkanes) is 1. The van der Waals surface area contributed by atoms with Gasteiger partial charge in [0.1, 0.15) is 36.0 Å². The molecule has 21 nitrogen and oxygen atoms in total. The van der Waals surface area contributed by atoms with Crippen LogP contribution in [0.25, 0.3) is 0 Å². The van der Waals surface area contributed by atoms with Crippen LogP contribution >= 0.6 is 11.8 Å². The predicted molar refractivity (Wildman–Crippen MR) is 235 cm³/mol. The second-order valence-corrected chi connectivity index (χ2v) is 17.9. The maximum absolute atomic E-state index is 13.9. The van der Waals surface area contributed by atoms with Gasteiger partial charge in [0.05, 0.1) is 22.7 Å². The maximum Gasteiger partial charge on any atom is 1.00 e. The summed E-state index contributed by atoms with van der Waals surface area (Å²) < 4.78 is 32.4. The number of amides is 6. The van der Waals surface area contributed by atoms with Crippen LogP contribution in [0, 0.1) is 5.92 Å². The third kappa shape index (κ3) is 23.4. The molecular weight excluding hydrogens is 900 g/mol. The van der Waals surface area contributed by atoms with Gasteiger partial charge in [-0.25, -0.2) is 8.42 Å². The molecule has 0 saturated carbocycles.